The summed E-state index contributed by atoms with van der Waals surface area (Å²) in [5, 5.41) is 8.79. The molecule has 1 fully saturated rings. The number of nitrogens with zero attached hydrogens (tertiary/aromatic N) is 1. The van der Waals surface area contributed by atoms with Crippen LogP contribution in [0.2, 0.25) is 0 Å². The van der Waals surface area contributed by atoms with Gasteiger partial charge in [-0.15, -0.1) is 0 Å². The van der Waals surface area contributed by atoms with E-state index in [9.17, 15) is 14.0 Å². The summed E-state index contributed by atoms with van der Waals surface area (Å²) in [5.74, 6) is -0.642. The summed E-state index contributed by atoms with van der Waals surface area (Å²) in [6.45, 7) is 3.22. The third-order valence-electron chi connectivity index (χ3n) is 4.98. The van der Waals surface area contributed by atoms with Gasteiger partial charge in [0.05, 0.1) is 5.57 Å². The molecule has 2 amide bonds. The topological polar surface area (TPSA) is 73.5 Å². The molecule has 28 heavy (non-hydrogen) atoms. The van der Waals surface area contributed by atoms with E-state index in [2.05, 4.69) is 20.9 Å². The first-order chi connectivity index (χ1) is 13.5. The van der Waals surface area contributed by atoms with Crippen molar-refractivity contribution in [2.45, 2.75) is 19.4 Å². The van der Waals surface area contributed by atoms with Gasteiger partial charge < -0.3 is 20.9 Å². The van der Waals surface area contributed by atoms with Crippen molar-refractivity contribution in [3.05, 3.63) is 60.0 Å². The van der Waals surface area contributed by atoms with Crippen LogP contribution in [0.15, 0.2) is 48.7 Å². The molecule has 0 aliphatic carbocycles. The van der Waals surface area contributed by atoms with Crippen molar-refractivity contribution in [1.82, 2.24) is 5.32 Å². The summed E-state index contributed by atoms with van der Waals surface area (Å²) in [7, 11) is 0. The number of hydrogen-bond acceptors (Lipinski definition) is 4. The molecule has 0 aromatic heterocycles. The summed E-state index contributed by atoms with van der Waals surface area (Å²) in [6.07, 6.45) is 2.52. The number of nitrogens with one attached hydrogen (secondary N) is 3. The van der Waals surface area contributed by atoms with E-state index in [1.807, 2.05) is 24.3 Å². The third-order valence-corrected chi connectivity index (χ3v) is 4.98. The van der Waals surface area contributed by atoms with Crippen LogP contribution < -0.4 is 20.9 Å². The van der Waals surface area contributed by atoms with Crippen molar-refractivity contribution in [3.8, 4) is 0 Å². The number of rotatable bonds is 4. The van der Waals surface area contributed by atoms with Crippen LogP contribution >= 0.6 is 0 Å². The Morgan fingerprint density at radius 3 is 2.79 bits per heavy atom. The van der Waals surface area contributed by atoms with E-state index in [4.69, 9.17) is 0 Å². The van der Waals surface area contributed by atoms with Crippen LogP contribution in [-0.4, -0.2) is 30.9 Å². The van der Waals surface area contributed by atoms with Crippen molar-refractivity contribution in [2.75, 3.05) is 28.6 Å². The molecule has 2 aliphatic rings. The molecule has 0 saturated carbocycles. The number of amides is 2. The van der Waals surface area contributed by atoms with Gasteiger partial charge in [0.1, 0.15) is 5.82 Å². The zero-order valence-corrected chi connectivity index (χ0v) is 15.5. The van der Waals surface area contributed by atoms with Gasteiger partial charge in [0.15, 0.2) is 0 Å². The molecule has 2 aromatic carbocycles. The number of carbonyl (C=O) groups is 2. The van der Waals surface area contributed by atoms with Crippen molar-refractivity contribution in [3.63, 3.8) is 0 Å². The van der Waals surface area contributed by atoms with Gasteiger partial charge in [-0.2, -0.15) is 0 Å². The van der Waals surface area contributed by atoms with Gasteiger partial charge in [0.2, 0.25) is 5.91 Å². The standard InChI is InChI=1S/C21H21FN4O2/c1-13(27)24-16-8-9-26(12-16)17-5-3-15(4-6-17)23-11-19-18-10-14(22)2-7-20(18)25-21(19)28/h2-7,10-11,16,23H,8-9,12H2,1H3,(H,24,27)(H,25,28)/b19-11-. The summed E-state index contributed by atoms with van der Waals surface area (Å²) in [6, 6.07) is 12.3. The number of halogens is 1. The molecule has 3 N–H and O–H groups in total. The Kier molecular flexibility index (Phi) is 4.73. The first-order valence-corrected chi connectivity index (χ1v) is 9.20. The average molecular weight is 380 g/mol. The van der Waals surface area contributed by atoms with Gasteiger partial charge >= 0.3 is 0 Å². The smallest absolute Gasteiger partial charge is 0.257 e. The van der Waals surface area contributed by atoms with Gasteiger partial charge in [-0.1, -0.05) is 0 Å². The molecule has 2 aliphatic heterocycles. The lowest BCUT2D eigenvalue weighted by atomic mass is 10.1. The van der Waals surface area contributed by atoms with Gasteiger partial charge in [0, 0.05) is 54.9 Å². The Morgan fingerprint density at radius 2 is 2.04 bits per heavy atom. The molecule has 1 atom stereocenters. The molecule has 1 unspecified atom stereocenters. The predicted molar refractivity (Wildman–Crippen MR) is 108 cm³/mol. The van der Waals surface area contributed by atoms with Gasteiger partial charge in [-0.3, -0.25) is 9.59 Å². The minimum absolute atomic E-state index is 0.00293. The van der Waals surface area contributed by atoms with E-state index in [-0.39, 0.29) is 23.7 Å². The Balaban J connectivity index is 1.43. The lowest BCUT2D eigenvalue weighted by Crippen LogP contribution is -2.35. The van der Waals surface area contributed by atoms with Crippen molar-refractivity contribution >= 4 is 34.4 Å². The second-order valence-electron chi connectivity index (χ2n) is 7.03. The molecule has 1 saturated heterocycles. The molecule has 6 nitrogen and oxygen atoms in total. The van der Waals surface area contributed by atoms with Crippen molar-refractivity contribution in [2.24, 2.45) is 0 Å². The molecular weight excluding hydrogens is 359 g/mol. The molecule has 0 spiro atoms. The lowest BCUT2D eigenvalue weighted by molar-refractivity contribution is -0.119. The molecule has 7 heteroatoms. The van der Waals surface area contributed by atoms with E-state index in [0.29, 0.717) is 16.8 Å². The van der Waals surface area contributed by atoms with Crippen LogP contribution in [0.3, 0.4) is 0 Å². The number of hydrogen-bond donors (Lipinski definition) is 3. The quantitative estimate of drug-likeness (QED) is 0.713. The Hall–Kier alpha value is -3.35. The van der Waals surface area contributed by atoms with E-state index in [0.717, 1.165) is 30.9 Å². The first-order valence-electron chi connectivity index (χ1n) is 9.20. The molecule has 2 aromatic rings. The van der Waals surface area contributed by atoms with Crippen LogP contribution in [0.4, 0.5) is 21.5 Å². The van der Waals surface area contributed by atoms with Crippen LogP contribution in [0.1, 0.15) is 18.9 Å². The van der Waals surface area contributed by atoms with E-state index in [1.165, 1.54) is 19.1 Å². The summed E-state index contributed by atoms with van der Waals surface area (Å²) >= 11 is 0. The fraction of sp³-hybridized carbons (Fsp3) is 0.238. The molecule has 144 valence electrons. The van der Waals surface area contributed by atoms with Crippen LogP contribution in [-0.2, 0) is 9.59 Å². The fourth-order valence-electron chi connectivity index (χ4n) is 3.63. The fourth-order valence-corrected chi connectivity index (χ4v) is 3.63. The van der Waals surface area contributed by atoms with E-state index < -0.39 is 0 Å². The van der Waals surface area contributed by atoms with E-state index >= 15 is 0 Å². The minimum Gasteiger partial charge on any atom is -0.369 e. The minimum atomic E-state index is -0.381. The molecule has 0 radical (unpaired) electrons. The summed E-state index contributed by atoms with van der Waals surface area (Å²) < 4.78 is 13.5. The van der Waals surface area contributed by atoms with E-state index in [1.54, 1.807) is 12.3 Å². The SMILES string of the molecule is CC(=O)NC1CCN(c2ccc(N/C=C3\C(=O)Nc4ccc(F)cc43)cc2)C1. The first kappa shape index (κ1) is 18.0. The highest BCUT2D eigenvalue weighted by Crippen LogP contribution is 2.32. The maximum atomic E-state index is 13.5. The zero-order chi connectivity index (χ0) is 19.7. The monoisotopic (exact) mass is 380 g/mol. The second kappa shape index (κ2) is 7.34. The van der Waals surface area contributed by atoms with Gasteiger partial charge in [-0.25, -0.2) is 4.39 Å². The highest BCUT2D eigenvalue weighted by Gasteiger charge is 2.25. The van der Waals surface area contributed by atoms with Crippen LogP contribution in [0.25, 0.3) is 5.57 Å². The van der Waals surface area contributed by atoms with Crippen molar-refractivity contribution in [1.29, 1.82) is 0 Å². The maximum Gasteiger partial charge on any atom is 0.257 e. The normalized spacial score (nSPS) is 19.5. The lowest BCUT2D eigenvalue weighted by Gasteiger charge is -2.19. The Morgan fingerprint density at radius 1 is 1.25 bits per heavy atom. The number of anilines is 3. The third kappa shape index (κ3) is 3.69. The maximum absolute atomic E-state index is 13.5. The Bertz CT molecular complexity index is 955. The zero-order valence-electron chi connectivity index (χ0n) is 15.5. The molecule has 4 rings (SSSR count). The highest BCUT2D eigenvalue weighted by atomic mass is 19.1. The van der Waals surface area contributed by atoms with Gasteiger partial charge in [0.25, 0.3) is 5.91 Å². The predicted octanol–water partition coefficient (Wildman–Crippen LogP) is 2.95. The summed E-state index contributed by atoms with van der Waals surface area (Å²) in [4.78, 5) is 25.5. The molecule has 2 heterocycles. The summed E-state index contributed by atoms with van der Waals surface area (Å²) in [5.41, 5.74) is 3.47. The number of fused-ring (bicyclic) bond motifs is 1. The molecular formula is C21H21FN4O2. The van der Waals surface area contributed by atoms with Gasteiger partial charge in [-0.05, 0) is 48.9 Å². The Labute approximate surface area is 162 Å². The molecule has 0 bridgehead atoms. The highest BCUT2D eigenvalue weighted by molar-refractivity contribution is 6.31. The largest absolute Gasteiger partial charge is 0.369 e. The number of benzene rings is 2. The van der Waals surface area contributed by atoms with Crippen molar-refractivity contribution < 1.29 is 14.0 Å². The second-order valence-corrected chi connectivity index (χ2v) is 7.03. The number of carbonyl (C=O) groups excluding carboxylic acids is 2. The average Bonchev–Trinajstić information content (AvgIpc) is 3.24. The van der Waals surface area contributed by atoms with Crippen LogP contribution in [0, 0.1) is 5.82 Å². The van der Waals surface area contributed by atoms with Crippen LogP contribution in [0.5, 0.6) is 0 Å².